The molecule has 0 saturated carbocycles. The highest BCUT2D eigenvalue weighted by molar-refractivity contribution is 6.05. The summed E-state index contributed by atoms with van der Waals surface area (Å²) in [6.07, 6.45) is 0.656. The van der Waals surface area contributed by atoms with Crippen molar-refractivity contribution >= 4 is 23.4 Å². The Morgan fingerprint density at radius 3 is 2.53 bits per heavy atom. The molecule has 1 atom stereocenters. The molecule has 0 aromatic heterocycles. The summed E-state index contributed by atoms with van der Waals surface area (Å²) in [5.41, 5.74) is 10.6. The van der Waals surface area contributed by atoms with Crippen LogP contribution in [0.4, 0.5) is 5.69 Å². The van der Waals surface area contributed by atoms with Crippen molar-refractivity contribution in [3.8, 4) is 0 Å². The maximum Gasteiger partial charge on any atom is 0.255 e. The first-order valence-electron chi connectivity index (χ1n) is 10.3. The normalized spacial score (nSPS) is 22.1. The van der Waals surface area contributed by atoms with E-state index in [1.807, 2.05) is 24.3 Å². The van der Waals surface area contributed by atoms with Gasteiger partial charge in [-0.05, 0) is 41.3 Å². The van der Waals surface area contributed by atoms with Gasteiger partial charge in [0.1, 0.15) is 6.04 Å². The molecule has 0 spiro atoms. The molecule has 0 radical (unpaired) electrons. The SMILES string of the molecule is Nc1ccc(C2CN(Cc3ccc4c(c3)C(=O)N(C3CCC(=O)NC3=O)C4)C2)cc1. The average Bonchev–Trinajstić information content (AvgIpc) is 3.01. The maximum absolute atomic E-state index is 12.9. The Bertz CT molecular complexity index is 1030. The Balaban J connectivity index is 1.23. The predicted molar refractivity (Wildman–Crippen MR) is 111 cm³/mol. The van der Waals surface area contributed by atoms with Gasteiger partial charge < -0.3 is 10.6 Å². The van der Waals surface area contributed by atoms with Gasteiger partial charge in [-0.3, -0.25) is 24.6 Å². The van der Waals surface area contributed by atoms with Crippen molar-refractivity contribution in [1.29, 1.82) is 0 Å². The van der Waals surface area contributed by atoms with Gasteiger partial charge in [-0.15, -0.1) is 0 Å². The molecule has 0 aliphatic carbocycles. The first-order chi connectivity index (χ1) is 14.5. The summed E-state index contributed by atoms with van der Waals surface area (Å²) >= 11 is 0. The van der Waals surface area contributed by atoms with Crippen LogP contribution >= 0.6 is 0 Å². The van der Waals surface area contributed by atoms with Gasteiger partial charge in [-0.1, -0.05) is 24.3 Å². The second-order valence-corrected chi connectivity index (χ2v) is 8.45. The number of amides is 3. The largest absolute Gasteiger partial charge is 0.399 e. The predicted octanol–water partition coefficient (Wildman–Crippen LogP) is 1.63. The zero-order valence-electron chi connectivity index (χ0n) is 16.6. The molecule has 1 unspecified atom stereocenters. The molecular weight excluding hydrogens is 380 g/mol. The Labute approximate surface area is 174 Å². The van der Waals surface area contributed by atoms with Crippen LogP contribution in [0.25, 0.3) is 0 Å². The number of piperidine rings is 1. The number of imide groups is 1. The van der Waals surface area contributed by atoms with Crippen molar-refractivity contribution in [3.05, 3.63) is 64.7 Å². The van der Waals surface area contributed by atoms with Crippen LogP contribution in [0.2, 0.25) is 0 Å². The van der Waals surface area contributed by atoms with Gasteiger partial charge in [-0.2, -0.15) is 0 Å². The summed E-state index contributed by atoms with van der Waals surface area (Å²) in [5, 5.41) is 2.34. The van der Waals surface area contributed by atoms with Gasteiger partial charge in [0.05, 0.1) is 0 Å². The van der Waals surface area contributed by atoms with Crippen LogP contribution in [0.3, 0.4) is 0 Å². The van der Waals surface area contributed by atoms with E-state index in [0.29, 0.717) is 24.4 Å². The molecule has 2 aromatic carbocycles. The summed E-state index contributed by atoms with van der Waals surface area (Å²) in [6.45, 7) is 3.18. The fourth-order valence-electron chi connectivity index (χ4n) is 4.64. The van der Waals surface area contributed by atoms with Crippen LogP contribution in [0.5, 0.6) is 0 Å². The zero-order valence-corrected chi connectivity index (χ0v) is 16.6. The van der Waals surface area contributed by atoms with E-state index >= 15 is 0 Å². The number of anilines is 1. The van der Waals surface area contributed by atoms with Gasteiger partial charge in [0.25, 0.3) is 5.91 Å². The highest BCUT2D eigenvalue weighted by atomic mass is 16.2. The van der Waals surface area contributed by atoms with Crippen LogP contribution < -0.4 is 11.1 Å². The standard InChI is InChI=1S/C23H24N4O3/c24-18-5-3-15(4-6-18)17-11-26(12-17)10-14-1-2-16-13-27(23(30)19(16)9-14)20-7-8-21(28)25-22(20)29/h1-6,9,17,20H,7-8,10-13,24H2,(H,25,28,29). The van der Waals surface area contributed by atoms with Crippen molar-refractivity contribution in [3.63, 3.8) is 0 Å². The third-order valence-electron chi connectivity index (χ3n) is 6.36. The van der Waals surface area contributed by atoms with E-state index in [1.54, 1.807) is 4.90 Å². The Morgan fingerprint density at radius 2 is 1.80 bits per heavy atom. The van der Waals surface area contributed by atoms with Crippen LogP contribution in [0.1, 0.15) is 45.8 Å². The Kier molecular flexibility index (Phi) is 4.55. The van der Waals surface area contributed by atoms with E-state index in [1.165, 1.54) is 5.56 Å². The number of hydrogen-bond acceptors (Lipinski definition) is 5. The zero-order chi connectivity index (χ0) is 20.8. The molecule has 30 heavy (non-hydrogen) atoms. The Morgan fingerprint density at radius 1 is 1.03 bits per heavy atom. The number of nitrogens with zero attached hydrogens (tertiary/aromatic N) is 2. The smallest absolute Gasteiger partial charge is 0.255 e. The van der Waals surface area contributed by atoms with Gasteiger partial charge in [0.15, 0.2) is 0 Å². The third kappa shape index (κ3) is 3.35. The number of nitrogens with one attached hydrogen (secondary N) is 1. The second kappa shape index (κ2) is 7.25. The molecule has 2 saturated heterocycles. The summed E-state index contributed by atoms with van der Waals surface area (Å²) in [5.74, 6) is -0.245. The molecule has 154 valence electrons. The monoisotopic (exact) mass is 404 g/mol. The molecule has 3 N–H and O–H groups in total. The van der Waals surface area contributed by atoms with Crippen LogP contribution in [0.15, 0.2) is 42.5 Å². The molecule has 7 heteroatoms. The highest BCUT2D eigenvalue weighted by Crippen LogP contribution is 2.31. The van der Waals surface area contributed by atoms with Crippen molar-refractivity contribution in [1.82, 2.24) is 15.1 Å². The number of carbonyl (C=O) groups is 3. The molecule has 3 amide bonds. The van der Waals surface area contributed by atoms with E-state index in [9.17, 15) is 14.4 Å². The molecule has 3 aliphatic rings. The van der Waals surface area contributed by atoms with Gasteiger partial charge in [-0.25, -0.2) is 0 Å². The minimum atomic E-state index is -0.568. The molecule has 3 aliphatic heterocycles. The lowest BCUT2D eigenvalue weighted by Gasteiger charge is -2.39. The average molecular weight is 404 g/mol. The second-order valence-electron chi connectivity index (χ2n) is 8.45. The molecule has 0 bridgehead atoms. The number of hydrogen-bond donors (Lipinski definition) is 2. The number of rotatable bonds is 4. The lowest BCUT2D eigenvalue weighted by atomic mass is 9.91. The lowest BCUT2D eigenvalue weighted by Crippen LogP contribution is -2.52. The van der Waals surface area contributed by atoms with Gasteiger partial charge in [0, 0.05) is 49.8 Å². The third-order valence-corrected chi connectivity index (χ3v) is 6.36. The van der Waals surface area contributed by atoms with E-state index in [-0.39, 0.29) is 24.1 Å². The molecule has 2 aromatic rings. The summed E-state index contributed by atoms with van der Waals surface area (Å²) < 4.78 is 0. The fourth-order valence-corrected chi connectivity index (χ4v) is 4.64. The number of benzene rings is 2. The quantitative estimate of drug-likeness (QED) is 0.597. The van der Waals surface area contributed by atoms with Crippen molar-refractivity contribution in [2.75, 3.05) is 18.8 Å². The van der Waals surface area contributed by atoms with Gasteiger partial charge >= 0.3 is 0 Å². The van der Waals surface area contributed by atoms with Crippen molar-refractivity contribution in [2.24, 2.45) is 0 Å². The minimum Gasteiger partial charge on any atom is -0.399 e. The van der Waals surface area contributed by atoms with E-state index in [0.717, 1.165) is 36.4 Å². The lowest BCUT2D eigenvalue weighted by molar-refractivity contribution is -0.136. The molecule has 5 rings (SSSR count). The fraction of sp³-hybridized carbons (Fsp3) is 0.348. The number of likely N-dealkylation sites (tertiary alicyclic amines) is 1. The van der Waals surface area contributed by atoms with Crippen LogP contribution in [-0.2, 0) is 22.7 Å². The highest BCUT2D eigenvalue weighted by Gasteiger charge is 2.39. The number of carbonyl (C=O) groups excluding carboxylic acids is 3. The van der Waals surface area contributed by atoms with E-state index in [2.05, 4.69) is 28.4 Å². The van der Waals surface area contributed by atoms with Crippen LogP contribution in [0, 0.1) is 0 Å². The van der Waals surface area contributed by atoms with Crippen molar-refractivity contribution in [2.45, 2.75) is 37.9 Å². The van der Waals surface area contributed by atoms with Crippen molar-refractivity contribution < 1.29 is 14.4 Å². The first kappa shape index (κ1) is 18.8. The summed E-state index contributed by atoms with van der Waals surface area (Å²) in [6, 6.07) is 13.5. The molecule has 3 heterocycles. The maximum atomic E-state index is 12.9. The summed E-state index contributed by atoms with van der Waals surface area (Å²) in [7, 11) is 0. The number of fused-ring (bicyclic) bond motifs is 1. The Hall–Kier alpha value is -3.19. The topological polar surface area (TPSA) is 95.7 Å². The van der Waals surface area contributed by atoms with E-state index in [4.69, 9.17) is 5.73 Å². The van der Waals surface area contributed by atoms with Gasteiger partial charge in [0.2, 0.25) is 11.8 Å². The number of nitrogens with two attached hydrogens (primary N) is 1. The molecule has 7 nitrogen and oxygen atoms in total. The van der Waals surface area contributed by atoms with E-state index < -0.39 is 6.04 Å². The first-order valence-corrected chi connectivity index (χ1v) is 10.3. The number of nitrogen functional groups attached to an aromatic ring is 1. The molecule has 2 fully saturated rings. The molecular formula is C23H24N4O3. The minimum absolute atomic E-state index is 0.121. The summed E-state index contributed by atoms with van der Waals surface area (Å²) in [4.78, 5) is 40.5. The van der Waals surface area contributed by atoms with Crippen LogP contribution in [-0.4, -0.2) is 46.7 Å².